The topological polar surface area (TPSA) is 52.0 Å². The Kier molecular flexibility index (Phi) is 1.29. The van der Waals surface area contributed by atoms with Crippen LogP contribution in [0.15, 0.2) is 4.52 Å². The van der Waals surface area contributed by atoms with Crippen molar-refractivity contribution in [1.82, 2.24) is 5.16 Å². The van der Waals surface area contributed by atoms with Crippen molar-refractivity contribution in [2.75, 3.05) is 5.73 Å². The molecule has 1 fully saturated rings. The molecular formula is C9H14N2O. The van der Waals surface area contributed by atoms with Crippen LogP contribution in [0.4, 0.5) is 5.88 Å². The van der Waals surface area contributed by atoms with E-state index in [-0.39, 0.29) is 0 Å². The molecule has 0 aromatic carbocycles. The fraction of sp³-hybridized carbons (Fsp3) is 0.667. The standard InChI is InChI=1S/C9H14N2O/c1-5-7(11-12-8(5)10)6-4-9(6,2)3/h6H,4,10H2,1-3H3. The van der Waals surface area contributed by atoms with Crippen LogP contribution in [0.25, 0.3) is 0 Å². The second kappa shape index (κ2) is 2.03. The summed E-state index contributed by atoms with van der Waals surface area (Å²) < 4.78 is 4.92. The lowest BCUT2D eigenvalue weighted by Gasteiger charge is -1.98. The van der Waals surface area contributed by atoms with E-state index in [1.54, 1.807) is 0 Å². The van der Waals surface area contributed by atoms with Gasteiger partial charge in [-0.3, -0.25) is 0 Å². The van der Waals surface area contributed by atoms with Gasteiger partial charge in [0.1, 0.15) is 0 Å². The summed E-state index contributed by atoms with van der Waals surface area (Å²) in [6.45, 7) is 6.44. The first-order valence-corrected chi connectivity index (χ1v) is 4.24. The molecule has 3 heteroatoms. The van der Waals surface area contributed by atoms with E-state index in [9.17, 15) is 0 Å². The van der Waals surface area contributed by atoms with Gasteiger partial charge in [0.15, 0.2) is 0 Å². The Morgan fingerprint density at radius 1 is 1.58 bits per heavy atom. The summed E-state index contributed by atoms with van der Waals surface area (Å²) in [6.07, 6.45) is 1.19. The first-order chi connectivity index (χ1) is 5.52. The van der Waals surface area contributed by atoms with Gasteiger partial charge in [-0.2, -0.15) is 0 Å². The van der Waals surface area contributed by atoms with E-state index < -0.39 is 0 Å². The molecule has 3 nitrogen and oxygen atoms in total. The zero-order valence-corrected chi connectivity index (χ0v) is 7.72. The minimum Gasteiger partial charge on any atom is -0.367 e. The van der Waals surface area contributed by atoms with Crippen molar-refractivity contribution in [3.63, 3.8) is 0 Å². The van der Waals surface area contributed by atoms with Gasteiger partial charge in [-0.15, -0.1) is 0 Å². The van der Waals surface area contributed by atoms with Crippen LogP contribution in [0.1, 0.15) is 37.4 Å². The third kappa shape index (κ3) is 0.924. The van der Waals surface area contributed by atoms with Crippen molar-refractivity contribution in [1.29, 1.82) is 0 Å². The number of aromatic nitrogens is 1. The third-order valence-electron chi connectivity index (χ3n) is 2.84. The summed E-state index contributed by atoms with van der Waals surface area (Å²) in [7, 11) is 0. The van der Waals surface area contributed by atoms with Gasteiger partial charge in [-0.25, -0.2) is 0 Å². The molecule has 2 N–H and O–H groups in total. The van der Waals surface area contributed by atoms with Crippen LogP contribution in [0.3, 0.4) is 0 Å². The van der Waals surface area contributed by atoms with Crippen LogP contribution >= 0.6 is 0 Å². The Labute approximate surface area is 71.9 Å². The first-order valence-electron chi connectivity index (χ1n) is 4.24. The number of nitrogens with two attached hydrogens (primary N) is 1. The summed E-state index contributed by atoms with van der Waals surface area (Å²) in [5, 5.41) is 3.97. The molecule has 0 spiro atoms. The molecule has 0 radical (unpaired) electrons. The number of hydrogen-bond donors (Lipinski definition) is 1. The molecular weight excluding hydrogens is 152 g/mol. The Balaban J connectivity index is 2.31. The molecule has 0 amide bonds. The van der Waals surface area contributed by atoms with Crippen LogP contribution in [0.2, 0.25) is 0 Å². The zero-order valence-electron chi connectivity index (χ0n) is 7.72. The molecule has 1 aromatic heterocycles. The maximum absolute atomic E-state index is 5.57. The predicted octanol–water partition coefficient (Wildman–Crippen LogP) is 2.08. The van der Waals surface area contributed by atoms with E-state index >= 15 is 0 Å². The van der Waals surface area contributed by atoms with Crippen LogP contribution in [0, 0.1) is 12.3 Å². The second-order valence-electron chi connectivity index (χ2n) is 4.30. The summed E-state index contributed by atoms with van der Waals surface area (Å²) in [5.74, 6) is 1.02. The molecule has 12 heavy (non-hydrogen) atoms. The van der Waals surface area contributed by atoms with E-state index in [0.29, 0.717) is 17.2 Å². The van der Waals surface area contributed by atoms with Gasteiger partial charge < -0.3 is 10.3 Å². The SMILES string of the molecule is Cc1c(C2CC2(C)C)noc1N. The number of anilines is 1. The molecule has 1 saturated carbocycles. The van der Waals surface area contributed by atoms with Crippen LogP contribution in [-0.2, 0) is 0 Å². The van der Waals surface area contributed by atoms with E-state index in [0.717, 1.165) is 11.3 Å². The molecule has 1 heterocycles. The lowest BCUT2D eigenvalue weighted by atomic mass is 10.1. The summed E-state index contributed by atoms with van der Waals surface area (Å²) >= 11 is 0. The maximum Gasteiger partial charge on any atom is 0.225 e. The molecule has 0 saturated heterocycles. The van der Waals surface area contributed by atoms with Gasteiger partial charge >= 0.3 is 0 Å². The Morgan fingerprint density at radius 3 is 2.50 bits per heavy atom. The van der Waals surface area contributed by atoms with Gasteiger partial charge in [-0.05, 0) is 18.8 Å². The van der Waals surface area contributed by atoms with E-state index in [4.69, 9.17) is 10.3 Å². The Morgan fingerprint density at radius 2 is 2.17 bits per heavy atom. The van der Waals surface area contributed by atoms with E-state index in [1.807, 2.05) is 6.92 Å². The number of nitrogens with zero attached hydrogens (tertiary/aromatic N) is 1. The number of nitrogen functional groups attached to an aromatic ring is 1. The molecule has 0 bridgehead atoms. The van der Waals surface area contributed by atoms with Crippen molar-refractivity contribution < 1.29 is 4.52 Å². The Hall–Kier alpha value is -0.990. The van der Waals surface area contributed by atoms with Gasteiger partial charge in [0.05, 0.1) is 5.69 Å². The fourth-order valence-corrected chi connectivity index (χ4v) is 1.62. The highest BCUT2D eigenvalue weighted by atomic mass is 16.5. The molecule has 1 aromatic rings. The van der Waals surface area contributed by atoms with Gasteiger partial charge in [-0.1, -0.05) is 19.0 Å². The van der Waals surface area contributed by atoms with Crippen molar-refractivity contribution in [2.45, 2.75) is 33.1 Å². The highest BCUT2D eigenvalue weighted by molar-refractivity contribution is 5.41. The van der Waals surface area contributed by atoms with Gasteiger partial charge in [0.25, 0.3) is 0 Å². The third-order valence-corrected chi connectivity index (χ3v) is 2.84. The molecule has 1 aliphatic carbocycles. The van der Waals surface area contributed by atoms with Crippen LogP contribution in [0.5, 0.6) is 0 Å². The summed E-state index contributed by atoms with van der Waals surface area (Å²) in [5.41, 5.74) is 8.03. The average molecular weight is 166 g/mol. The van der Waals surface area contributed by atoms with Crippen molar-refractivity contribution in [2.24, 2.45) is 5.41 Å². The molecule has 0 aliphatic heterocycles. The van der Waals surface area contributed by atoms with Crippen molar-refractivity contribution in [3.8, 4) is 0 Å². The zero-order chi connectivity index (χ0) is 8.93. The number of hydrogen-bond acceptors (Lipinski definition) is 3. The Bertz CT molecular complexity index is 314. The summed E-state index contributed by atoms with van der Waals surface area (Å²) in [4.78, 5) is 0. The molecule has 2 rings (SSSR count). The van der Waals surface area contributed by atoms with Crippen molar-refractivity contribution in [3.05, 3.63) is 11.3 Å². The van der Waals surface area contributed by atoms with Gasteiger partial charge in [0, 0.05) is 11.5 Å². The van der Waals surface area contributed by atoms with E-state index in [2.05, 4.69) is 19.0 Å². The molecule has 1 atom stereocenters. The summed E-state index contributed by atoms with van der Waals surface area (Å²) in [6, 6.07) is 0. The lowest BCUT2D eigenvalue weighted by molar-refractivity contribution is 0.424. The lowest BCUT2D eigenvalue weighted by Crippen LogP contribution is -1.92. The first kappa shape index (κ1) is 7.65. The number of rotatable bonds is 1. The molecule has 1 unspecified atom stereocenters. The molecule has 66 valence electrons. The highest BCUT2D eigenvalue weighted by Gasteiger charge is 2.49. The average Bonchev–Trinajstić information content (AvgIpc) is 2.47. The predicted molar refractivity (Wildman–Crippen MR) is 46.8 cm³/mol. The van der Waals surface area contributed by atoms with Crippen LogP contribution in [-0.4, -0.2) is 5.16 Å². The quantitative estimate of drug-likeness (QED) is 0.694. The second-order valence-corrected chi connectivity index (χ2v) is 4.30. The minimum absolute atomic E-state index is 0.397. The highest BCUT2D eigenvalue weighted by Crippen LogP contribution is 2.59. The smallest absolute Gasteiger partial charge is 0.225 e. The van der Waals surface area contributed by atoms with E-state index in [1.165, 1.54) is 6.42 Å². The minimum atomic E-state index is 0.397. The fourth-order valence-electron chi connectivity index (χ4n) is 1.62. The van der Waals surface area contributed by atoms with Gasteiger partial charge in [0.2, 0.25) is 5.88 Å². The van der Waals surface area contributed by atoms with Crippen molar-refractivity contribution >= 4 is 5.88 Å². The molecule has 1 aliphatic rings. The monoisotopic (exact) mass is 166 g/mol. The maximum atomic E-state index is 5.57. The normalized spacial score (nSPS) is 25.8. The van der Waals surface area contributed by atoms with Crippen LogP contribution < -0.4 is 5.73 Å². The largest absolute Gasteiger partial charge is 0.367 e.